The molecule has 0 radical (unpaired) electrons. The van der Waals surface area contributed by atoms with E-state index in [9.17, 15) is 22.8 Å². The number of rotatable bonds is 9. The molecule has 3 aromatic carbocycles. The van der Waals surface area contributed by atoms with Gasteiger partial charge in [0.25, 0.3) is 0 Å². The Morgan fingerprint density at radius 1 is 0.917 bits per heavy atom. The molecule has 244 valence electrons. The number of carbonyl (C=O) groups is 2. The van der Waals surface area contributed by atoms with Crippen LogP contribution < -0.4 is 0 Å². The zero-order chi connectivity index (χ0) is 33.7. The van der Waals surface area contributed by atoms with Crippen molar-refractivity contribution in [1.82, 2.24) is 25.0 Å². The lowest BCUT2D eigenvalue weighted by atomic mass is 9.92. The predicted octanol–water partition coefficient (Wildman–Crippen LogP) is 7.29. The Hall–Kier alpha value is -5.51. The van der Waals surface area contributed by atoms with Gasteiger partial charge in [-0.25, -0.2) is 0 Å². The van der Waals surface area contributed by atoms with Crippen molar-refractivity contribution in [2.24, 2.45) is 0 Å². The van der Waals surface area contributed by atoms with Crippen LogP contribution in [0.1, 0.15) is 46.4 Å². The Bertz CT molecular complexity index is 1870. The van der Waals surface area contributed by atoms with Gasteiger partial charge in [-0.05, 0) is 76.2 Å². The van der Waals surface area contributed by atoms with Gasteiger partial charge in [0, 0.05) is 50.2 Å². The summed E-state index contributed by atoms with van der Waals surface area (Å²) in [4.78, 5) is 36.2. The Balaban J connectivity index is 1.35. The molecule has 10 heteroatoms. The number of H-pyrrole nitrogens is 1. The molecule has 3 heterocycles. The average molecular weight is 650 g/mol. The first-order valence-corrected chi connectivity index (χ1v) is 15.7. The highest BCUT2D eigenvalue weighted by Crippen LogP contribution is 2.31. The molecule has 2 aromatic heterocycles. The van der Waals surface area contributed by atoms with E-state index in [1.165, 1.54) is 29.8 Å². The minimum Gasteiger partial charge on any atom is -0.336 e. The molecule has 0 fully saturated rings. The molecule has 5 aromatic rings. The van der Waals surface area contributed by atoms with E-state index in [1.807, 2.05) is 61.5 Å². The molecule has 1 N–H and O–H groups in total. The maximum Gasteiger partial charge on any atom is 0.416 e. The van der Waals surface area contributed by atoms with Crippen molar-refractivity contribution < 1.29 is 22.8 Å². The number of halogens is 3. The van der Waals surface area contributed by atoms with Gasteiger partial charge < -0.3 is 9.80 Å². The fourth-order valence-electron chi connectivity index (χ4n) is 6.08. The van der Waals surface area contributed by atoms with Crippen molar-refractivity contribution in [3.05, 3.63) is 149 Å². The van der Waals surface area contributed by atoms with E-state index in [2.05, 4.69) is 21.2 Å². The highest BCUT2D eigenvalue weighted by molar-refractivity contribution is 5.96. The van der Waals surface area contributed by atoms with Gasteiger partial charge in [0.2, 0.25) is 11.8 Å². The van der Waals surface area contributed by atoms with E-state index in [4.69, 9.17) is 0 Å². The van der Waals surface area contributed by atoms with Gasteiger partial charge in [-0.15, -0.1) is 0 Å². The van der Waals surface area contributed by atoms with Crippen LogP contribution in [0, 0.1) is 0 Å². The number of alkyl halides is 3. The fraction of sp³-hybridized carbons (Fsp3) is 0.211. The van der Waals surface area contributed by atoms with Gasteiger partial charge >= 0.3 is 6.18 Å². The summed E-state index contributed by atoms with van der Waals surface area (Å²) < 4.78 is 39.4. The van der Waals surface area contributed by atoms with E-state index in [0.29, 0.717) is 30.8 Å². The van der Waals surface area contributed by atoms with Crippen LogP contribution >= 0.6 is 0 Å². The Labute approximate surface area is 276 Å². The van der Waals surface area contributed by atoms with Gasteiger partial charge in [-0.1, -0.05) is 67.6 Å². The number of carbonyl (C=O) groups excluding carboxylic acids is 2. The Kier molecular flexibility index (Phi) is 9.52. The van der Waals surface area contributed by atoms with Crippen molar-refractivity contribution in [2.75, 3.05) is 6.54 Å². The van der Waals surface area contributed by atoms with Gasteiger partial charge in [0.05, 0.1) is 11.3 Å². The van der Waals surface area contributed by atoms with E-state index in [1.54, 1.807) is 34.5 Å². The fourth-order valence-corrected chi connectivity index (χ4v) is 6.08. The van der Waals surface area contributed by atoms with Crippen molar-refractivity contribution >= 4 is 17.9 Å². The number of aromatic amines is 1. The highest BCUT2D eigenvalue weighted by Gasteiger charge is 2.39. The predicted molar refractivity (Wildman–Crippen MR) is 177 cm³/mol. The van der Waals surface area contributed by atoms with Gasteiger partial charge in [0.15, 0.2) is 0 Å². The van der Waals surface area contributed by atoms with Crippen molar-refractivity contribution in [2.45, 2.75) is 44.6 Å². The van der Waals surface area contributed by atoms with Crippen LogP contribution in [0.25, 0.3) is 17.2 Å². The number of benzene rings is 3. The third-order valence-electron chi connectivity index (χ3n) is 8.75. The summed E-state index contributed by atoms with van der Waals surface area (Å²) >= 11 is 0. The number of hydrogen-bond donors (Lipinski definition) is 1. The third kappa shape index (κ3) is 7.38. The van der Waals surface area contributed by atoms with Crippen LogP contribution in [0.3, 0.4) is 0 Å². The van der Waals surface area contributed by atoms with E-state index >= 15 is 0 Å². The minimum atomic E-state index is -4.47. The number of pyridine rings is 1. The van der Waals surface area contributed by atoms with E-state index in [0.717, 1.165) is 34.4 Å². The summed E-state index contributed by atoms with van der Waals surface area (Å²) in [6, 6.07) is 25.1. The third-order valence-corrected chi connectivity index (χ3v) is 8.75. The molecule has 2 atom stereocenters. The molecule has 0 saturated heterocycles. The molecule has 48 heavy (non-hydrogen) atoms. The van der Waals surface area contributed by atoms with Gasteiger partial charge in [-0.3, -0.25) is 19.7 Å². The molecular weight excluding hydrogens is 615 g/mol. The maximum absolute atomic E-state index is 14.6. The molecule has 2 amide bonds. The highest BCUT2D eigenvalue weighted by atomic mass is 19.4. The summed E-state index contributed by atoms with van der Waals surface area (Å²) in [6.07, 6.45) is 4.14. The number of fused-ring (bicyclic) bond motifs is 1. The molecule has 2 unspecified atom stereocenters. The average Bonchev–Trinajstić information content (AvgIpc) is 3.66. The monoisotopic (exact) mass is 649 g/mol. The SMILES string of the molecule is CC(c1cc[nH]n1)C(C(=O)N1CCc2ccccc2C1)N(Cc1ccc(-c2ccncc2)cc1)C(=O)C=Cc1ccc(C(F)(F)F)cc1. The first-order chi connectivity index (χ1) is 23.2. The number of aromatic nitrogens is 3. The molecule has 0 spiro atoms. The Morgan fingerprint density at radius 3 is 2.27 bits per heavy atom. The van der Waals surface area contributed by atoms with Gasteiger partial charge in [0.1, 0.15) is 6.04 Å². The zero-order valence-corrected chi connectivity index (χ0v) is 26.3. The summed E-state index contributed by atoms with van der Waals surface area (Å²) in [5.74, 6) is -1.14. The number of nitrogens with zero attached hydrogens (tertiary/aromatic N) is 4. The molecule has 1 aliphatic heterocycles. The van der Waals surface area contributed by atoms with Gasteiger partial charge in [-0.2, -0.15) is 18.3 Å². The standard InChI is InChI=1S/C38H34F3N5O2/c1-26(34-18-22-43-44-34)36(37(48)45-23-19-29-4-2-3-5-32(29)25-45)46(24-28-6-11-30(12-7-28)31-16-20-42-21-17-31)35(47)15-10-27-8-13-33(14-9-27)38(39,40)41/h2-18,20-22,26,36H,19,23-25H2,1H3,(H,43,44). The largest absolute Gasteiger partial charge is 0.416 e. The van der Waals surface area contributed by atoms with E-state index in [-0.39, 0.29) is 12.5 Å². The normalized spacial score (nSPS) is 14.4. The van der Waals surface area contributed by atoms with Crippen molar-refractivity contribution in [3.63, 3.8) is 0 Å². The van der Waals surface area contributed by atoms with Crippen LogP contribution in [0.2, 0.25) is 0 Å². The number of amides is 2. The van der Waals surface area contributed by atoms with Crippen LogP contribution in [0.5, 0.6) is 0 Å². The van der Waals surface area contributed by atoms with Crippen LogP contribution in [0.4, 0.5) is 13.2 Å². The van der Waals surface area contributed by atoms with Crippen LogP contribution in [-0.2, 0) is 35.3 Å². The minimum absolute atomic E-state index is 0.113. The number of nitrogens with one attached hydrogen (secondary N) is 1. The molecule has 6 rings (SSSR count). The second kappa shape index (κ2) is 14.1. The lowest BCUT2D eigenvalue weighted by molar-refractivity contribution is -0.145. The van der Waals surface area contributed by atoms with Crippen LogP contribution in [-0.4, -0.2) is 49.4 Å². The molecule has 7 nitrogen and oxygen atoms in total. The first kappa shape index (κ1) is 32.4. The summed E-state index contributed by atoms with van der Waals surface area (Å²) in [5, 5.41) is 7.19. The second-order valence-corrected chi connectivity index (χ2v) is 11.9. The smallest absolute Gasteiger partial charge is 0.336 e. The van der Waals surface area contributed by atoms with Crippen molar-refractivity contribution in [3.8, 4) is 11.1 Å². The molecule has 0 bridgehead atoms. The number of hydrogen-bond acceptors (Lipinski definition) is 4. The Morgan fingerprint density at radius 2 is 1.60 bits per heavy atom. The molecular formula is C38H34F3N5O2. The zero-order valence-electron chi connectivity index (χ0n) is 26.3. The molecule has 0 saturated carbocycles. The lowest BCUT2D eigenvalue weighted by Crippen LogP contribution is -2.53. The summed E-state index contributed by atoms with van der Waals surface area (Å²) in [6.45, 7) is 2.91. The maximum atomic E-state index is 14.6. The second-order valence-electron chi connectivity index (χ2n) is 11.9. The van der Waals surface area contributed by atoms with Crippen molar-refractivity contribution in [1.29, 1.82) is 0 Å². The van der Waals surface area contributed by atoms with Crippen LogP contribution in [0.15, 0.2) is 116 Å². The quantitative estimate of drug-likeness (QED) is 0.170. The first-order valence-electron chi connectivity index (χ1n) is 15.7. The lowest BCUT2D eigenvalue weighted by Gasteiger charge is -2.39. The topological polar surface area (TPSA) is 82.2 Å². The molecule has 1 aliphatic rings. The summed E-state index contributed by atoms with van der Waals surface area (Å²) in [7, 11) is 0. The molecule has 0 aliphatic carbocycles. The van der Waals surface area contributed by atoms with E-state index < -0.39 is 29.6 Å². The summed E-state index contributed by atoms with van der Waals surface area (Å²) in [5.41, 5.74) is 5.32.